The van der Waals surface area contributed by atoms with Crippen LogP contribution in [0.5, 0.6) is 0 Å². The van der Waals surface area contributed by atoms with Gasteiger partial charge in [-0.05, 0) is 48.2 Å². The van der Waals surface area contributed by atoms with Crippen molar-refractivity contribution < 1.29 is 0 Å². The van der Waals surface area contributed by atoms with Gasteiger partial charge >= 0.3 is 0 Å². The third-order valence-electron chi connectivity index (χ3n) is 4.46. The fourth-order valence-electron chi connectivity index (χ4n) is 3.60. The predicted molar refractivity (Wildman–Crippen MR) is 73.2 cm³/mol. The molecular formula is C14H28S. The van der Waals surface area contributed by atoms with Gasteiger partial charge in [-0.2, -0.15) is 0 Å². The lowest BCUT2D eigenvalue weighted by Gasteiger charge is -2.63. The Morgan fingerprint density at radius 1 is 1.00 bits per heavy atom. The van der Waals surface area contributed by atoms with E-state index in [4.69, 9.17) is 0 Å². The van der Waals surface area contributed by atoms with Crippen LogP contribution in [0.1, 0.15) is 58.3 Å². The Morgan fingerprint density at radius 3 is 2.20 bits per heavy atom. The summed E-state index contributed by atoms with van der Waals surface area (Å²) in [6.07, 6.45) is 14.7. The van der Waals surface area contributed by atoms with Crippen molar-refractivity contribution in [2.45, 2.75) is 58.3 Å². The Balaban J connectivity index is 1.56. The Hall–Kier alpha value is 0.350. The standard InChI is InChI=1S/C14H28S/c1-3-4-5-6-7-11-15(2)12-14(13-15)9-8-10-14/h3-13H2,1-2H3. The van der Waals surface area contributed by atoms with Crippen LogP contribution in [0.15, 0.2) is 0 Å². The first-order valence-corrected chi connectivity index (χ1v) is 9.44. The van der Waals surface area contributed by atoms with Crippen LogP contribution in [0.25, 0.3) is 0 Å². The van der Waals surface area contributed by atoms with Crippen molar-refractivity contribution in [2.24, 2.45) is 5.41 Å². The molecule has 0 aromatic carbocycles. The molecule has 0 radical (unpaired) electrons. The molecule has 2 aliphatic rings. The minimum atomic E-state index is -0.0946. The van der Waals surface area contributed by atoms with Crippen LogP contribution in [-0.2, 0) is 0 Å². The van der Waals surface area contributed by atoms with E-state index in [0.29, 0.717) is 0 Å². The van der Waals surface area contributed by atoms with E-state index in [9.17, 15) is 0 Å². The fraction of sp³-hybridized carbons (Fsp3) is 1.00. The predicted octanol–water partition coefficient (Wildman–Crippen LogP) is 4.58. The SMILES string of the molecule is CCCCCCCS1(C)CC2(CCC2)C1. The van der Waals surface area contributed by atoms with E-state index in [-0.39, 0.29) is 10.0 Å². The van der Waals surface area contributed by atoms with Gasteiger partial charge in [-0.1, -0.05) is 39.0 Å². The van der Waals surface area contributed by atoms with Crippen molar-refractivity contribution in [1.29, 1.82) is 0 Å². The minimum absolute atomic E-state index is 0.0946. The molecule has 1 heterocycles. The average Bonchev–Trinajstić information content (AvgIpc) is 2.10. The van der Waals surface area contributed by atoms with Crippen molar-refractivity contribution in [1.82, 2.24) is 0 Å². The van der Waals surface area contributed by atoms with Gasteiger partial charge < -0.3 is 0 Å². The normalized spacial score (nSPS) is 28.1. The summed E-state index contributed by atoms with van der Waals surface area (Å²) >= 11 is 0. The molecule has 0 atom stereocenters. The number of hydrogen-bond donors (Lipinski definition) is 0. The van der Waals surface area contributed by atoms with Gasteiger partial charge in [0.1, 0.15) is 0 Å². The smallest absolute Gasteiger partial charge is 0.0145 e. The van der Waals surface area contributed by atoms with Crippen molar-refractivity contribution in [3.05, 3.63) is 0 Å². The molecule has 0 bridgehead atoms. The molecule has 0 aromatic heterocycles. The maximum Gasteiger partial charge on any atom is -0.0145 e. The first kappa shape index (κ1) is 11.8. The summed E-state index contributed by atoms with van der Waals surface area (Å²) < 4.78 is 0. The van der Waals surface area contributed by atoms with Crippen molar-refractivity contribution >= 4 is 10.0 Å². The Bertz CT molecular complexity index is 197. The summed E-state index contributed by atoms with van der Waals surface area (Å²) in [5.74, 6) is 4.89. The zero-order chi connectivity index (χ0) is 10.8. The third-order valence-corrected chi connectivity index (χ3v) is 8.36. The zero-order valence-corrected chi connectivity index (χ0v) is 11.5. The molecule has 1 spiro atoms. The van der Waals surface area contributed by atoms with Crippen LogP contribution in [0.2, 0.25) is 0 Å². The first-order valence-electron chi connectivity index (χ1n) is 6.90. The summed E-state index contributed by atoms with van der Waals surface area (Å²) in [4.78, 5) is 0. The number of rotatable bonds is 6. The first-order chi connectivity index (χ1) is 7.18. The highest BCUT2D eigenvalue weighted by atomic mass is 32.3. The van der Waals surface area contributed by atoms with E-state index in [2.05, 4.69) is 13.2 Å². The van der Waals surface area contributed by atoms with E-state index in [1.54, 1.807) is 30.1 Å². The molecule has 1 aliphatic carbocycles. The van der Waals surface area contributed by atoms with Gasteiger partial charge in [-0.25, -0.2) is 10.0 Å². The molecule has 90 valence electrons. The van der Waals surface area contributed by atoms with Crippen molar-refractivity contribution in [3.63, 3.8) is 0 Å². The van der Waals surface area contributed by atoms with Crippen LogP contribution in [0.4, 0.5) is 0 Å². The lowest BCUT2D eigenvalue weighted by molar-refractivity contribution is 0.182. The molecule has 1 heteroatoms. The van der Waals surface area contributed by atoms with Gasteiger partial charge in [0, 0.05) is 0 Å². The second kappa shape index (κ2) is 4.69. The van der Waals surface area contributed by atoms with Crippen LogP contribution in [-0.4, -0.2) is 23.5 Å². The molecule has 0 aromatic rings. The Morgan fingerprint density at radius 2 is 1.67 bits per heavy atom. The summed E-state index contributed by atoms with van der Waals surface area (Å²) in [6.45, 7) is 2.30. The summed E-state index contributed by atoms with van der Waals surface area (Å²) in [7, 11) is -0.0946. The zero-order valence-electron chi connectivity index (χ0n) is 10.7. The minimum Gasteiger partial charge on any atom is -0.243 e. The van der Waals surface area contributed by atoms with Crippen LogP contribution in [0, 0.1) is 5.41 Å². The molecule has 15 heavy (non-hydrogen) atoms. The van der Waals surface area contributed by atoms with E-state index >= 15 is 0 Å². The highest BCUT2D eigenvalue weighted by Crippen LogP contribution is 2.68. The van der Waals surface area contributed by atoms with E-state index in [1.165, 1.54) is 38.5 Å². The lowest BCUT2D eigenvalue weighted by Crippen LogP contribution is -2.50. The summed E-state index contributed by atoms with van der Waals surface area (Å²) in [5, 5.41) is 0. The van der Waals surface area contributed by atoms with Crippen LogP contribution >= 0.6 is 10.0 Å². The molecule has 2 rings (SSSR count). The van der Waals surface area contributed by atoms with Gasteiger partial charge in [0.2, 0.25) is 0 Å². The van der Waals surface area contributed by atoms with Gasteiger partial charge in [-0.15, -0.1) is 0 Å². The second-order valence-corrected chi connectivity index (χ2v) is 10.2. The summed E-state index contributed by atoms with van der Waals surface area (Å²) in [5.41, 5.74) is 0.910. The average molecular weight is 228 g/mol. The van der Waals surface area contributed by atoms with Crippen molar-refractivity contribution in [3.8, 4) is 0 Å². The quantitative estimate of drug-likeness (QED) is 0.584. The van der Waals surface area contributed by atoms with Gasteiger partial charge in [0.15, 0.2) is 0 Å². The van der Waals surface area contributed by atoms with Gasteiger partial charge in [0.05, 0.1) is 0 Å². The van der Waals surface area contributed by atoms with Crippen LogP contribution < -0.4 is 0 Å². The Kier molecular flexibility index (Phi) is 3.70. The molecule has 2 fully saturated rings. The number of unbranched alkanes of at least 4 members (excludes halogenated alkanes) is 4. The monoisotopic (exact) mass is 228 g/mol. The molecule has 0 amide bonds. The van der Waals surface area contributed by atoms with E-state index < -0.39 is 0 Å². The molecular weight excluding hydrogens is 200 g/mol. The highest BCUT2D eigenvalue weighted by molar-refractivity contribution is 8.34. The maximum atomic E-state index is 2.62. The van der Waals surface area contributed by atoms with Gasteiger partial charge in [0.25, 0.3) is 0 Å². The fourth-order valence-corrected chi connectivity index (χ4v) is 8.24. The van der Waals surface area contributed by atoms with Crippen LogP contribution in [0.3, 0.4) is 0 Å². The van der Waals surface area contributed by atoms with Crippen molar-refractivity contribution in [2.75, 3.05) is 23.5 Å². The molecule has 1 aliphatic heterocycles. The van der Waals surface area contributed by atoms with E-state index in [0.717, 1.165) is 5.41 Å². The third kappa shape index (κ3) is 2.72. The number of hydrogen-bond acceptors (Lipinski definition) is 0. The second-order valence-electron chi connectivity index (χ2n) is 6.24. The maximum absolute atomic E-state index is 2.62. The topological polar surface area (TPSA) is 0 Å². The van der Waals surface area contributed by atoms with E-state index in [1.807, 2.05) is 0 Å². The highest BCUT2D eigenvalue weighted by Gasteiger charge is 2.51. The lowest BCUT2D eigenvalue weighted by atomic mass is 9.71. The largest absolute Gasteiger partial charge is 0.243 e. The molecule has 1 saturated heterocycles. The summed E-state index contributed by atoms with van der Waals surface area (Å²) in [6, 6.07) is 0. The molecule has 0 unspecified atom stereocenters. The Labute approximate surface area is 97.5 Å². The molecule has 0 nitrogen and oxygen atoms in total. The molecule has 0 N–H and O–H groups in total. The van der Waals surface area contributed by atoms with Gasteiger partial charge in [-0.3, -0.25) is 0 Å². The molecule has 1 saturated carbocycles.